The minimum absolute atomic E-state index is 0.0989. The van der Waals surface area contributed by atoms with Crippen LogP contribution in [0.4, 0.5) is 0 Å². The zero-order valence-corrected chi connectivity index (χ0v) is 9.42. The first-order valence-corrected chi connectivity index (χ1v) is 5.67. The molecule has 2 nitrogen and oxygen atoms in total. The lowest BCUT2D eigenvalue weighted by molar-refractivity contribution is -0.122. The summed E-state index contributed by atoms with van der Waals surface area (Å²) in [5.74, 6) is 0.138. The van der Waals surface area contributed by atoms with E-state index < -0.39 is 0 Å². The second-order valence-corrected chi connectivity index (χ2v) is 4.02. The van der Waals surface area contributed by atoms with Crippen LogP contribution in [0.1, 0.15) is 58.8 Å². The molecule has 0 heterocycles. The SMILES string of the molecule is CCCCCCCC(=O)CC(C)C=O. The summed E-state index contributed by atoms with van der Waals surface area (Å²) in [4.78, 5) is 21.6. The van der Waals surface area contributed by atoms with Gasteiger partial charge < -0.3 is 4.79 Å². The Morgan fingerprint density at radius 2 is 1.86 bits per heavy atom. The number of carbonyl (C=O) groups is 2. The zero-order chi connectivity index (χ0) is 10.8. The molecule has 1 unspecified atom stereocenters. The molecule has 0 aliphatic carbocycles. The van der Waals surface area contributed by atoms with Gasteiger partial charge in [0.15, 0.2) is 0 Å². The van der Waals surface area contributed by atoms with Crippen molar-refractivity contribution in [3.63, 3.8) is 0 Å². The standard InChI is InChI=1S/C12H22O2/c1-3-4-5-6-7-8-12(14)9-11(2)10-13/h10-11H,3-9H2,1-2H3. The third kappa shape index (κ3) is 7.96. The number of ketones is 1. The van der Waals surface area contributed by atoms with E-state index in [9.17, 15) is 9.59 Å². The van der Waals surface area contributed by atoms with Gasteiger partial charge in [-0.1, -0.05) is 39.5 Å². The Balaban J connectivity index is 3.31. The Labute approximate surface area is 87.1 Å². The number of aldehydes is 1. The summed E-state index contributed by atoms with van der Waals surface area (Å²) in [7, 11) is 0. The van der Waals surface area contributed by atoms with E-state index in [2.05, 4.69) is 6.92 Å². The van der Waals surface area contributed by atoms with Gasteiger partial charge in [-0.15, -0.1) is 0 Å². The topological polar surface area (TPSA) is 34.1 Å². The molecule has 0 fully saturated rings. The van der Waals surface area contributed by atoms with E-state index in [1.54, 1.807) is 6.92 Å². The predicted octanol–water partition coefficient (Wildman–Crippen LogP) is 3.14. The largest absolute Gasteiger partial charge is 0.303 e. The van der Waals surface area contributed by atoms with Crippen LogP contribution >= 0.6 is 0 Å². The molecular formula is C12H22O2. The maximum absolute atomic E-state index is 11.3. The molecule has 82 valence electrons. The molecule has 0 aliphatic heterocycles. The van der Waals surface area contributed by atoms with E-state index in [0.717, 1.165) is 19.1 Å². The zero-order valence-electron chi connectivity index (χ0n) is 9.42. The average molecular weight is 198 g/mol. The highest BCUT2D eigenvalue weighted by molar-refractivity contribution is 5.80. The van der Waals surface area contributed by atoms with Crippen molar-refractivity contribution >= 4 is 12.1 Å². The molecular weight excluding hydrogens is 176 g/mol. The van der Waals surface area contributed by atoms with Crippen LogP contribution in [0.5, 0.6) is 0 Å². The quantitative estimate of drug-likeness (QED) is 0.421. The van der Waals surface area contributed by atoms with Gasteiger partial charge in [-0.3, -0.25) is 4.79 Å². The van der Waals surface area contributed by atoms with Crippen molar-refractivity contribution in [2.45, 2.75) is 58.8 Å². The van der Waals surface area contributed by atoms with E-state index in [0.29, 0.717) is 12.8 Å². The van der Waals surface area contributed by atoms with Gasteiger partial charge in [0.05, 0.1) is 0 Å². The molecule has 0 rings (SSSR count). The van der Waals surface area contributed by atoms with E-state index in [1.165, 1.54) is 19.3 Å². The summed E-state index contributed by atoms with van der Waals surface area (Å²) >= 11 is 0. The summed E-state index contributed by atoms with van der Waals surface area (Å²) in [5, 5.41) is 0. The van der Waals surface area contributed by atoms with Crippen LogP contribution in [-0.2, 0) is 9.59 Å². The number of carbonyl (C=O) groups excluding carboxylic acids is 2. The molecule has 0 N–H and O–H groups in total. The minimum Gasteiger partial charge on any atom is -0.303 e. The summed E-state index contributed by atoms with van der Waals surface area (Å²) in [6.45, 7) is 3.97. The summed E-state index contributed by atoms with van der Waals surface area (Å²) in [6, 6.07) is 0. The highest BCUT2D eigenvalue weighted by Crippen LogP contribution is 2.08. The highest BCUT2D eigenvalue weighted by atomic mass is 16.1. The Morgan fingerprint density at radius 1 is 1.21 bits per heavy atom. The van der Waals surface area contributed by atoms with E-state index >= 15 is 0 Å². The normalized spacial score (nSPS) is 12.4. The fourth-order valence-electron chi connectivity index (χ4n) is 1.44. The molecule has 0 saturated heterocycles. The lowest BCUT2D eigenvalue weighted by Crippen LogP contribution is -2.06. The Kier molecular flexibility index (Phi) is 8.50. The van der Waals surface area contributed by atoms with Crippen LogP contribution < -0.4 is 0 Å². The van der Waals surface area contributed by atoms with Crippen LogP contribution in [-0.4, -0.2) is 12.1 Å². The van der Waals surface area contributed by atoms with Crippen molar-refractivity contribution in [1.29, 1.82) is 0 Å². The van der Waals surface area contributed by atoms with Crippen molar-refractivity contribution in [3.8, 4) is 0 Å². The first-order chi connectivity index (χ1) is 6.70. The van der Waals surface area contributed by atoms with E-state index in [-0.39, 0.29) is 11.7 Å². The summed E-state index contributed by atoms with van der Waals surface area (Å²) in [6.07, 6.45) is 7.80. The van der Waals surface area contributed by atoms with Crippen molar-refractivity contribution in [2.24, 2.45) is 5.92 Å². The fraction of sp³-hybridized carbons (Fsp3) is 0.833. The monoisotopic (exact) mass is 198 g/mol. The molecule has 0 amide bonds. The number of unbranched alkanes of at least 4 members (excludes halogenated alkanes) is 4. The number of hydrogen-bond donors (Lipinski definition) is 0. The van der Waals surface area contributed by atoms with Crippen LogP contribution in [0.25, 0.3) is 0 Å². The van der Waals surface area contributed by atoms with E-state index in [1.807, 2.05) is 0 Å². The highest BCUT2D eigenvalue weighted by Gasteiger charge is 2.07. The van der Waals surface area contributed by atoms with Gasteiger partial charge in [0, 0.05) is 18.8 Å². The van der Waals surface area contributed by atoms with Crippen LogP contribution in [0.15, 0.2) is 0 Å². The van der Waals surface area contributed by atoms with Gasteiger partial charge in [0.25, 0.3) is 0 Å². The molecule has 0 aromatic rings. The van der Waals surface area contributed by atoms with Gasteiger partial charge in [-0.2, -0.15) is 0 Å². The molecule has 0 saturated carbocycles. The van der Waals surface area contributed by atoms with Crippen molar-refractivity contribution in [2.75, 3.05) is 0 Å². The summed E-state index contributed by atoms with van der Waals surface area (Å²) < 4.78 is 0. The van der Waals surface area contributed by atoms with Gasteiger partial charge >= 0.3 is 0 Å². The molecule has 0 aromatic heterocycles. The predicted molar refractivity (Wildman–Crippen MR) is 58.2 cm³/mol. The Morgan fingerprint density at radius 3 is 2.43 bits per heavy atom. The average Bonchev–Trinajstić information content (AvgIpc) is 2.17. The lowest BCUT2D eigenvalue weighted by atomic mass is 10.0. The number of Topliss-reactive ketones (excluding diaryl/α,β-unsaturated/α-hetero) is 1. The minimum atomic E-state index is -0.0989. The van der Waals surface area contributed by atoms with Gasteiger partial charge in [0.2, 0.25) is 0 Å². The number of rotatable bonds is 9. The van der Waals surface area contributed by atoms with Crippen molar-refractivity contribution in [1.82, 2.24) is 0 Å². The Hall–Kier alpha value is -0.660. The third-order valence-electron chi connectivity index (χ3n) is 2.34. The second kappa shape index (κ2) is 8.92. The third-order valence-corrected chi connectivity index (χ3v) is 2.34. The lowest BCUT2D eigenvalue weighted by Gasteiger charge is -2.02. The van der Waals surface area contributed by atoms with Crippen molar-refractivity contribution in [3.05, 3.63) is 0 Å². The van der Waals surface area contributed by atoms with Crippen LogP contribution in [0, 0.1) is 5.92 Å². The van der Waals surface area contributed by atoms with Gasteiger partial charge in [0.1, 0.15) is 12.1 Å². The Bertz CT molecular complexity index is 164. The molecule has 1 atom stereocenters. The number of hydrogen-bond acceptors (Lipinski definition) is 2. The molecule has 0 bridgehead atoms. The molecule has 0 aromatic carbocycles. The van der Waals surface area contributed by atoms with E-state index in [4.69, 9.17) is 0 Å². The first kappa shape index (κ1) is 13.3. The van der Waals surface area contributed by atoms with Crippen molar-refractivity contribution < 1.29 is 9.59 Å². The maximum Gasteiger partial charge on any atom is 0.133 e. The molecule has 14 heavy (non-hydrogen) atoms. The smallest absolute Gasteiger partial charge is 0.133 e. The first-order valence-electron chi connectivity index (χ1n) is 5.67. The maximum atomic E-state index is 11.3. The second-order valence-electron chi connectivity index (χ2n) is 4.02. The summed E-state index contributed by atoms with van der Waals surface area (Å²) in [5.41, 5.74) is 0. The molecule has 2 heteroatoms. The van der Waals surface area contributed by atoms with Gasteiger partial charge in [-0.05, 0) is 6.42 Å². The molecule has 0 radical (unpaired) electrons. The fourth-order valence-corrected chi connectivity index (χ4v) is 1.44. The van der Waals surface area contributed by atoms with Crippen LogP contribution in [0.2, 0.25) is 0 Å². The molecule has 0 aliphatic rings. The van der Waals surface area contributed by atoms with Gasteiger partial charge in [-0.25, -0.2) is 0 Å². The molecule has 0 spiro atoms. The van der Waals surface area contributed by atoms with Crippen LogP contribution in [0.3, 0.4) is 0 Å².